The van der Waals surface area contributed by atoms with Crippen LogP contribution in [0.2, 0.25) is 0 Å². The number of benzene rings is 3. The summed E-state index contributed by atoms with van der Waals surface area (Å²) in [6.07, 6.45) is 0. The van der Waals surface area contributed by atoms with Gasteiger partial charge < -0.3 is 9.15 Å². The maximum Gasteiger partial charge on any atom is 0.208 e. The lowest BCUT2D eigenvalue weighted by Crippen LogP contribution is -2.04. The first-order valence-electron chi connectivity index (χ1n) is 10.0. The van der Waals surface area contributed by atoms with Gasteiger partial charge in [-0.15, -0.1) is 10.2 Å². The third-order valence-corrected chi connectivity index (χ3v) is 5.96. The molecule has 0 fully saturated rings. The number of carbonyl (C=O) groups excluding carboxylic acids is 1. The summed E-state index contributed by atoms with van der Waals surface area (Å²) in [5.41, 5.74) is 2.52. The van der Waals surface area contributed by atoms with Gasteiger partial charge in [0.1, 0.15) is 11.3 Å². The van der Waals surface area contributed by atoms with Gasteiger partial charge in [0, 0.05) is 16.6 Å². The van der Waals surface area contributed by atoms with Crippen molar-refractivity contribution < 1.29 is 13.9 Å². The number of thioether (sulfide) groups is 1. The van der Waals surface area contributed by atoms with Gasteiger partial charge in [0.25, 0.3) is 0 Å². The van der Waals surface area contributed by atoms with Crippen molar-refractivity contribution in [3.8, 4) is 22.8 Å². The molecule has 0 saturated carbocycles. The van der Waals surface area contributed by atoms with Crippen LogP contribution in [-0.4, -0.2) is 33.4 Å². The van der Waals surface area contributed by atoms with Gasteiger partial charge in [0.15, 0.2) is 16.7 Å². The Hall–Kier alpha value is -3.84. The molecule has 0 amide bonds. The van der Waals surface area contributed by atoms with Crippen molar-refractivity contribution >= 4 is 28.5 Å². The summed E-state index contributed by atoms with van der Waals surface area (Å²) in [6.45, 7) is 0. The molecule has 0 aliphatic rings. The van der Waals surface area contributed by atoms with Gasteiger partial charge in [-0.1, -0.05) is 48.2 Å². The van der Waals surface area contributed by atoms with E-state index in [0.717, 1.165) is 22.4 Å². The molecule has 0 radical (unpaired) electrons. The molecule has 0 atom stereocenters. The number of para-hydroxylation sites is 2. The largest absolute Gasteiger partial charge is 0.497 e. The van der Waals surface area contributed by atoms with Gasteiger partial charge in [-0.05, 0) is 48.5 Å². The summed E-state index contributed by atoms with van der Waals surface area (Å²) in [6, 6.07) is 26.9. The van der Waals surface area contributed by atoms with Crippen LogP contribution in [-0.2, 0) is 0 Å². The van der Waals surface area contributed by atoms with Gasteiger partial charge in [-0.25, -0.2) is 0 Å². The van der Waals surface area contributed by atoms with E-state index < -0.39 is 0 Å². The van der Waals surface area contributed by atoms with E-state index in [1.54, 1.807) is 13.2 Å². The first kappa shape index (κ1) is 20.1. The van der Waals surface area contributed by atoms with Gasteiger partial charge in [0.2, 0.25) is 5.78 Å². The Morgan fingerprint density at radius 2 is 1.72 bits per heavy atom. The molecule has 5 rings (SSSR count). The predicted octanol–water partition coefficient (Wildman–Crippen LogP) is 5.66. The van der Waals surface area contributed by atoms with Crippen LogP contribution in [0.3, 0.4) is 0 Å². The lowest BCUT2D eigenvalue weighted by Gasteiger charge is -2.10. The summed E-state index contributed by atoms with van der Waals surface area (Å²) in [5, 5.41) is 10.3. The highest BCUT2D eigenvalue weighted by Gasteiger charge is 2.19. The van der Waals surface area contributed by atoms with E-state index in [2.05, 4.69) is 10.2 Å². The van der Waals surface area contributed by atoms with Crippen LogP contribution in [0.15, 0.2) is 94.5 Å². The van der Waals surface area contributed by atoms with Crippen LogP contribution in [0.4, 0.5) is 0 Å². The second kappa shape index (κ2) is 8.72. The number of nitrogens with zero attached hydrogens (tertiary/aromatic N) is 3. The molecule has 2 heterocycles. The minimum absolute atomic E-state index is 0.0974. The summed E-state index contributed by atoms with van der Waals surface area (Å²) in [7, 11) is 1.63. The van der Waals surface area contributed by atoms with Gasteiger partial charge in [-0.3, -0.25) is 9.36 Å². The topological polar surface area (TPSA) is 70.2 Å². The summed E-state index contributed by atoms with van der Waals surface area (Å²) < 4.78 is 12.9. The van der Waals surface area contributed by atoms with E-state index in [1.807, 2.05) is 83.4 Å². The number of ether oxygens (including phenoxy) is 1. The molecule has 0 unspecified atom stereocenters. The Kier molecular flexibility index (Phi) is 5.47. The van der Waals surface area contributed by atoms with E-state index in [9.17, 15) is 4.79 Å². The fourth-order valence-electron chi connectivity index (χ4n) is 3.42. The number of carbonyl (C=O) groups is 1. The third-order valence-electron chi connectivity index (χ3n) is 5.03. The van der Waals surface area contributed by atoms with E-state index in [4.69, 9.17) is 9.15 Å². The Morgan fingerprint density at radius 3 is 2.47 bits per heavy atom. The first-order valence-corrected chi connectivity index (χ1v) is 11.0. The fourth-order valence-corrected chi connectivity index (χ4v) is 4.24. The second-order valence-electron chi connectivity index (χ2n) is 7.07. The monoisotopic (exact) mass is 441 g/mol. The quantitative estimate of drug-likeness (QED) is 0.240. The van der Waals surface area contributed by atoms with Crippen LogP contribution in [0.25, 0.3) is 28.0 Å². The predicted molar refractivity (Wildman–Crippen MR) is 125 cm³/mol. The van der Waals surface area contributed by atoms with Crippen molar-refractivity contribution in [2.24, 2.45) is 0 Å². The van der Waals surface area contributed by atoms with Crippen LogP contribution in [0, 0.1) is 0 Å². The number of aromatic nitrogens is 3. The summed E-state index contributed by atoms with van der Waals surface area (Å²) in [4.78, 5) is 12.8. The molecule has 2 aromatic heterocycles. The van der Waals surface area contributed by atoms with E-state index in [1.165, 1.54) is 11.8 Å². The van der Waals surface area contributed by atoms with Gasteiger partial charge in [-0.2, -0.15) is 0 Å². The van der Waals surface area contributed by atoms with E-state index in [-0.39, 0.29) is 11.5 Å². The fraction of sp³-hybridized carbons (Fsp3) is 0.0800. The standard InChI is InChI=1S/C25H19N3O3S/c1-30-20-13-11-17(12-14-20)24-26-27-25(28(24)19-8-3-2-4-9-19)32-16-21(29)23-15-18-7-5-6-10-22(18)31-23/h2-15H,16H2,1H3. The molecule has 0 aliphatic carbocycles. The van der Waals surface area contributed by atoms with Crippen molar-refractivity contribution in [2.45, 2.75) is 5.16 Å². The highest BCUT2D eigenvalue weighted by atomic mass is 32.2. The first-order chi connectivity index (χ1) is 15.7. The number of hydrogen-bond acceptors (Lipinski definition) is 6. The zero-order valence-electron chi connectivity index (χ0n) is 17.3. The van der Waals surface area contributed by atoms with E-state index in [0.29, 0.717) is 22.3 Å². The molecule has 32 heavy (non-hydrogen) atoms. The molecule has 0 aliphatic heterocycles. The molecule has 0 bridgehead atoms. The van der Waals surface area contributed by atoms with Crippen molar-refractivity contribution in [1.29, 1.82) is 0 Å². The minimum Gasteiger partial charge on any atom is -0.497 e. The number of hydrogen-bond donors (Lipinski definition) is 0. The van der Waals surface area contributed by atoms with Crippen molar-refractivity contribution in [2.75, 3.05) is 12.9 Å². The number of ketones is 1. The highest BCUT2D eigenvalue weighted by molar-refractivity contribution is 7.99. The number of methoxy groups -OCH3 is 1. The molecular weight excluding hydrogens is 422 g/mol. The zero-order chi connectivity index (χ0) is 21.9. The molecular formula is C25H19N3O3S. The zero-order valence-corrected chi connectivity index (χ0v) is 18.1. The molecule has 5 aromatic rings. The van der Waals surface area contributed by atoms with Crippen molar-refractivity contribution in [3.63, 3.8) is 0 Å². The molecule has 6 nitrogen and oxygen atoms in total. The van der Waals surface area contributed by atoms with Crippen molar-refractivity contribution in [3.05, 3.63) is 90.7 Å². The van der Waals surface area contributed by atoms with Crippen LogP contribution in [0.5, 0.6) is 5.75 Å². The highest BCUT2D eigenvalue weighted by Crippen LogP contribution is 2.30. The van der Waals surface area contributed by atoms with Crippen molar-refractivity contribution in [1.82, 2.24) is 14.8 Å². The Bertz CT molecular complexity index is 1340. The third kappa shape index (κ3) is 3.90. The lowest BCUT2D eigenvalue weighted by molar-refractivity contribution is 0.0994. The maximum atomic E-state index is 12.8. The number of furan rings is 1. The number of fused-ring (bicyclic) bond motifs is 1. The summed E-state index contributed by atoms with van der Waals surface area (Å²) in [5.74, 6) is 1.90. The average molecular weight is 442 g/mol. The maximum absolute atomic E-state index is 12.8. The Labute approximate surface area is 188 Å². The number of Topliss-reactive ketones (excluding diaryl/α,β-unsaturated/α-hetero) is 1. The van der Waals surface area contributed by atoms with Crippen LogP contribution in [0.1, 0.15) is 10.6 Å². The molecule has 158 valence electrons. The molecule has 7 heteroatoms. The average Bonchev–Trinajstić information content (AvgIpc) is 3.47. The smallest absolute Gasteiger partial charge is 0.208 e. The Morgan fingerprint density at radius 1 is 0.969 bits per heavy atom. The Balaban J connectivity index is 1.45. The summed E-state index contributed by atoms with van der Waals surface area (Å²) >= 11 is 1.33. The minimum atomic E-state index is -0.0974. The molecule has 0 N–H and O–H groups in total. The molecule has 3 aromatic carbocycles. The van der Waals surface area contributed by atoms with Crippen LogP contribution >= 0.6 is 11.8 Å². The SMILES string of the molecule is COc1ccc(-c2nnc(SCC(=O)c3cc4ccccc4o3)n2-c2ccccc2)cc1. The molecule has 0 saturated heterocycles. The van der Waals surface area contributed by atoms with Crippen LogP contribution < -0.4 is 4.74 Å². The molecule has 0 spiro atoms. The number of rotatable bonds is 7. The van der Waals surface area contributed by atoms with Gasteiger partial charge >= 0.3 is 0 Å². The normalized spacial score (nSPS) is 11.0. The van der Waals surface area contributed by atoms with E-state index >= 15 is 0 Å². The lowest BCUT2D eigenvalue weighted by atomic mass is 10.2. The second-order valence-corrected chi connectivity index (χ2v) is 8.01. The van der Waals surface area contributed by atoms with Gasteiger partial charge in [0.05, 0.1) is 12.9 Å².